The highest BCUT2D eigenvalue weighted by Crippen LogP contribution is 2.29. The number of methoxy groups -OCH3 is 1. The van der Waals surface area contributed by atoms with Crippen molar-refractivity contribution >= 4 is 5.69 Å². The second kappa shape index (κ2) is 8.09. The average Bonchev–Trinajstić information content (AvgIpc) is 2.74. The number of nitrogens with zero attached hydrogens (tertiary/aromatic N) is 3. The van der Waals surface area contributed by atoms with E-state index in [0.29, 0.717) is 24.4 Å². The van der Waals surface area contributed by atoms with Crippen LogP contribution >= 0.6 is 0 Å². The smallest absolute Gasteiger partial charge is 0.313 e. The third-order valence-corrected chi connectivity index (χ3v) is 3.38. The Kier molecular flexibility index (Phi) is 6.77. The molecule has 7 nitrogen and oxygen atoms in total. The molecule has 1 aromatic heterocycles. The van der Waals surface area contributed by atoms with Gasteiger partial charge in [0.1, 0.15) is 11.4 Å². The second-order valence-electron chi connectivity index (χ2n) is 5.53. The van der Waals surface area contributed by atoms with Crippen LogP contribution in [0.25, 0.3) is 0 Å². The van der Waals surface area contributed by atoms with Gasteiger partial charge in [0.05, 0.1) is 11.5 Å². The quantitative estimate of drug-likeness (QED) is 0.557. The summed E-state index contributed by atoms with van der Waals surface area (Å²) in [6.45, 7) is 7.29. The minimum Gasteiger partial charge on any atom is -0.383 e. The average molecular weight is 298 g/mol. The van der Waals surface area contributed by atoms with E-state index < -0.39 is 0 Å². The number of aromatic nitrogens is 2. The van der Waals surface area contributed by atoms with Crippen LogP contribution in [0.1, 0.15) is 44.5 Å². The van der Waals surface area contributed by atoms with E-state index in [4.69, 9.17) is 4.74 Å². The van der Waals surface area contributed by atoms with E-state index in [2.05, 4.69) is 17.3 Å². The number of hydrogen-bond donors (Lipinski definition) is 1. The summed E-state index contributed by atoms with van der Waals surface area (Å²) in [4.78, 5) is 11.1. The van der Waals surface area contributed by atoms with Gasteiger partial charge in [0, 0.05) is 32.5 Å². The molecule has 0 spiro atoms. The molecule has 0 saturated heterocycles. The monoisotopic (exact) mass is 298 g/mol. The Hall–Kier alpha value is -1.47. The first-order chi connectivity index (χ1) is 9.92. The predicted molar refractivity (Wildman–Crippen MR) is 81.6 cm³/mol. The Labute approximate surface area is 125 Å². The van der Waals surface area contributed by atoms with Crippen molar-refractivity contribution in [3.63, 3.8) is 0 Å². The van der Waals surface area contributed by atoms with Crippen LogP contribution in [-0.4, -0.2) is 41.0 Å². The van der Waals surface area contributed by atoms with E-state index in [1.54, 1.807) is 18.8 Å². The maximum Gasteiger partial charge on any atom is 0.313 e. The van der Waals surface area contributed by atoms with Gasteiger partial charge in [-0.25, -0.2) is 0 Å². The molecule has 0 aliphatic heterocycles. The number of hydrogen-bond acceptors (Lipinski definition) is 5. The fourth-order valence-electron chi connectivity index (χ4n) is 2.36. The molecule has 0 saturated carbocycles. The zero-order valence-corrected chi connectivity index (χ0v) is 13.5. The van der Waals surface area contributed by atoms with Crippen LogP contribution < -0.4 is 5.32 Å². The predicted octanol–water partition coefficient (Wildman–Crippen LogP) is 2.01. The van der Waals surface area contributed by atoms with Crippen molar-refractivity contribution in [2.75, 3.05) is 20.3 Å². The molecule has 0 amide bonds. The third-order valence-electron chi connectivity index (χ3n) is 3.38. The van der Waals surface area contributed by atoms with Gasteiger partial charge in [-0.1, -0.05) is 20.8 Å². The lowest BCUT2D eigenvalue weighted by molar-refractivity contribution is -0.386. The first-order valence-electron chi connectivity index (χ1n) is 7.34. The Morgan fingerprint density at radius 1 is 1.48 bits per heavy atom. The maximum absolute atomic E-state index is 11.4. The van der Waals surface area contributed by atoms with E-state index in [1.165, 1.54) is 0 Å². The Morgan fingerprint density at radius 2 is 2.14 bits per heavy atom. The largest absolute Gasteiger partial charge is 0.383 e. The number of ether oxygens (including phenoxy) is 1. The maximum atomic E-state index is 11.4. The van der Waals surface area contributed by atoms with Crippen molar-refractivity contribution in [3.05, 3.63) is 21.5 Å². The molecular weight excluding hydrogens is 272 g/mol. The number of nitrogens with one attached hydrogen (secondary N) is 1. The van der Waals surface area contributed by atoms with E-state index in [0.717, 1.165) is 13.0 Å². The summed E-state index contributed by atoms with van der Waals surface area (Å²) in [7, 11) is 3.40. The first kappa shape index (κ1) is 17.6. The van der Waals surface area contributed by atoms with Gasteiger partial charge in [-0.15, -0.1) is 0 Å². The Morgan fingerprint density at radius 3 is 2.62 bits per heavy atom. The van der Waals surface area contributed by atoms with Crippen LogP contribution in [-0.2, 0) is 18.2 Å². The molecule has 1 N–H and O–H groups in total. The molecule has 21 heavy (non-hydrogen) atoms. The zero-order valence-electron chi connectivity index (χ0n) is 13.5. The molecule has 1 rings (SSSR count). The lowest BCUT2D eigenvalue weighted by Gasteiger charge is -2.17. The lowest BCUT2D eigenvalue weighted by Crippen LogP contribution is -2.36. The Balaban J connectivity index is 3.07. The molecule has 1 unspecified atom stereocenters. The third kappa shape index (κ3) is 4.50. The summed E-state index contributed by atoms with van der Waals surface area (Å²) < 4.78 is 6.83. The van der Waals surface area contributed by atoms with Gasteiger partial charge in [0.2, 0.25) is 0 Å². The minimum atomic E-state index is -0.318. The second-order valence-corrected chi connectivity index (χ2v) is 5.53. The lowest BCUT2D eigenvalue weighted by atomic mass is 10.1. The molecule has 0 aliphatic rings. The van der Waals surface area contributed by atoms with E-state index >= 15 is 0 Å². The molecule has 1 aromatic rings. The fraction of sp³-hybridized carbons (Fsp3) is 0.786. The van der Waals surface area contributed by atoms with Crippen LogP contribution in [0.4, 0.5) is 5.69 Å². The van der Waals surface area contributed by atoms with Crippen molar-refractivity contribution in [1.82, 2.24) is 15.1 Å². The fourth-order valence-corrected chi connectivity index (χ4v) is 2.36. The van der Waals surface area contributed by atoms with Crippen molar-refractivity contribution in [2.45, 2.75) is 45.6 Å². The molecular formula is C14H26N4O3. The zero-order chi connectivity index (χ0) is 16.0. The van der Waals surface area contributed by atoms with Gasteiger partial charge in [-0.3, -0.25) is 14.8 Å². The van der Waals surface area contributed by atoms with E-state index in [-0.39, 0.29) is 22.6 Å². The SMILES string of the molecule is CCCNC(COC)Cc1c([N+](=O)[O-])c(C(C)C)nn1C. The van der Waals surface area contributed by atoms with E-state index in [1.807, 2.05) is 13.8 Å². The van der Waals surface area contributed by atoms with Crippen molar-refractivity contribution in [1.29, 1.82) is 0 Å². The molecule has 0 radical (unpaired) electrons. The van der Waals surface area contributed by atoms with Crippen LogP contribution in [0, 0.1) is 10.1 Å². The summed E-state index contributed by atoms with van der Waals surface area (Å²) in [6, 6.07) is 0.0454. The number of aryl methyl sites for hydroxylation is 1. The summed E-state index contributed by atoms with van der Waals surface area (Å²) >= 11 is 0. The van der Waals surface area contributed by atoms with Gasteiger partial charge < -0.3 is 10.1 Å². The Bertz CT molecular complexity index is 471. The highest BCUT2D eigenvalue weighted by atomic mass is 16.6. The van der Waals surface area contributed by atoms with Crippen LogP contribution in [0.3, 0.4) is 0 Å². The minimum absolute atomic E-state index is 0.0230. The van der Waals surface area contributed by atoms with Gasteiger partial charge in [-0.05, 0) is 13.0 Å². The highest BCUT2D eigenvalue weighted by Gasteiger charge is 2.29. The molecule has 7 heteroatoms. The number of nitro groups is 1. The molecule has 0 bridgehead atoms. The van der Waals surface area contributed by atoms with Crippen molar-refractivity contribution in [2.24, 2.45) is 7.05 Å². The van der Waals surface area contributed by atoms with Crippen LogP contribution in [0.15, 0.2) is 0 Å². The molecule has 0 fully saturated rings. The first-order valence-corrected chi connectivity index (χ1v) is 7.34. The summed E-state index contributed by atoms with van der Waals surface area (Å²) in [5.41, 5.74) is 1.34. The summed E-state index contributed by atoms with van der Waals surface area (Å²) in [5, 5.41) is 19.1. The van der Waals surface area contributed by atoms with Crippen molar-refractivity contribution in [3.8, 4) is 0 Å². The molecule has 0 aromatic carbocycles. The summed E-state index contributed by atoms with van der Waals surface area (Å²) in [6.07, 6.45) is 1.53. The molecule has 120 valence electrons. The molecule has 1 atom stereocenters. The van der Waals surface area contributed by atoms with Gasteiger partial charge in [0.15, 0.2) is 0 Å². The highest BCUT2D eigenvalue weighted by molar-refractivity contribution is 5.43. The molecule has 1 heterocycles. The van der Waals surface area contributed by atoms with Gasteiger partial charge in [0.25, 0.3) is 0 Å². The normalized spacial score (nSPS) is 12.9. The number of rotatable bonds is 9. The van der Waals surface area contributed by atoms with E-state index in [9.17, 15) is 10.1 Å². The van der Waals surface area contributed by atoms with Gasteiger partial charge in [-0.2, -0.15) is 5.10 Å². The van der Waals surface area contributed by atoms with Crippen LogP contribution in [0.2, 0.25) is 0 Å². The van der Waals surface area contributed by atoms with Gasteiger partial charge >= 0.3 is 5.69 Å². The summed E-state index contributed by atoms with van der Waals surface area (Å²) in [5.74, 6) is 0.0230. The van der Waals surface area contributed by atoms with Crippen LogP contribution in [0.5, 0.6) is 0 Å². The van der Waals surface area contributed by atoms with Crippen molar-refractivity contribution < 1.29 is 9.66 Å². The topological polar surface area (TPSA) is 82.2 Å². The molecule has 0 aliphatic carbocycles. The standard InChI is InChI=1S/C14H26N4O3/c1-6-7-15-11(9-21-5)8-12-14(18(19)20)13(10(2)3)16-17(12)4/h10-11,15H,6-9H2,1-5H3.